The number of carbonyl (C=O) groups excluding carboxylic acids is 1. The van der Waals surface area contributed by atoms with Crippen LogP contribution in [0.1, 0.15) is 24.2 Å². The molecule has 0 amide bonds. The van der Waals surface area contributed by atoms with Crippen molar-refractivity contribution in [1.82, 2.24) is 4.37 Å². The van der Waals surface area contributed by atoms with Crippen molar-refractivity contribution >= 4 is 27.2 Å². The van der Waals surface area contributed by atoms with Gasteiger partial charge in [-0.3, -0.25) is 4.79 Å². The van der Waals surface area contributed by atoms with E-state index >= 15 is 0 Å². The summed E-state index contributed by atoms with van der Waals surface area (Å²) in [6.07, 6.45) is 0. The van der Waals surface area contributed by atoms with Crippen LogP contribution in [0.2, 0.25) is 0 Å². The third kappa shape index (κ3) is 1.78. The summed E-state index contributed by atoms with van der Waals surface area (Å²) in [4.78, 5) is 11.1. The molecule has 14 heavy (non-hydrogen) atoms. The van der Waals surface area contributed by atoms with Gasteiger partial charge >= 0.3 is 0 Å². The molecule has 0 aromatic carbocycles. The summed E-state index contributed by atoms with van der Waals surface area (Å²) in [5, 5.41) is 9.17. The van der Waals surface area contributed by atoms with Crippen molar-refractivity contribution in [2.24, 2.45) is 0 Å². The third-order valence-corrected chi connectivity index (χ3v) is 4.81. The Hall–Kier alpha value is -0.950. The van der Waals surface area contributed by atoms with Gasteiger partial charge in [-0.2, -0.15) is 4.37 Å². The zero-order chi connectivity index (χ0) is 10.9. The Morgan fingerprint density at radius 2 is 2.14 bits per heavy atom. The van der Waals surface area contributed by atoms with Crippen LogP contribution in [0.3, 0.4) is 0 Å². The van der Waals surface area contributed by atoms with Crippen LogP contribution in [-0.2, 0) is 9.84 Å². The molecular formula is C7H9NO4S2. The number of sulfone groups is 1. The average Bonchev–Trinajstić information content (AvgIpc) is 2.47. The van der Waals surface area contributed by atoms with E-state index in [0.29, 0.717) is 11.5 Å². The number of carbonyl (C=O) groups is 1. The Kier molecular flexibility index (Phi) is 2.91. The number of aromatic hydroxyl groups is 1. The topological polar surface area (TPSA) is 84.3 Å². The fourth-order valence-corrected chi connectivity index (χ4v) is 3.23. The maximum Gasteiger partial charge on any atom is 0.235 e. The number of ketones is 1. The fourth-order valence-electron chi connectivity index (χ4n) is 0.912. The van der Waals surface area contributed by atoms with Gasteiger partial charge in [0.05, 0.1) is 5.75 Å². The highest BCUT2D eigenvalue weighted by molar-refractivity contribution is 7.93. The van der Waals surface area contributed by atoms with Crippen LogP contribution in [0.15, 0.2) is 4.21 Å². The number of rotatable bonds is 3. The van der Waals surface area contributed by atoms with E-state index in [4.69, 9.17) is 0 Å². The molecule has 1 rings (SSSR count). The van der Waals surface area contributed by atoms with E-state index in [-0.39, 0.29) is 15.5 Å². The molecule has 5 nitrogen and oxygen atoms in total. The van der Waals surface area contributed by atoms with Crippen molar-refractivity contribution in [3.8, 4) is 5.88 Å². The van der Waals surface area contributed by atoms with Crippen molar-refractivity contribution in [1.29, 1.82) is 0 Å². The molecule has 7 heteroatoms. The number of Topliss-reactive ketones (excluding diaryl/α,β-unsaturated/α-hetero) is 1. The summed E-state index contributed by atoms with van der Waals surface area (Å²) in [6.45, 7) is 2.66. The second-order valence-electron chi connectivity index (χ2n) is 2.63. The molecule has 0 radical (unpaired) electrons. The zero-order valence-electron chi connectivity index (χ0n) is 7.64. The number of hydrogen-bond donors (Lipinski definition) is 1. The first-order valence-corrected chi connectivity index (χ1v) is 6.25. The van der Waals surface area contributed by atoms with Crippen LogP contribution in [0.5, 0.6) is 5.88 Å². The maximum atomic E-state index is 11.4. The quantitative estimate of drug-likeness (QED) is 0.785. The van der Waals surface area contributed by atoms with Gasteiger partial charge in [-0.1, -0.05) is 6.92 Å². The molecule has 0 unspecified atom stereocenters. The highest BCUT2D eigenvalue weighted by atomic mass is 32.2. The summed E-state index contributed by atoms with van der Waals surface area (Å²) in [5.41, 5.74) is -0.197. The molecule has 0 saturated carbocycles. The first-order valence-electron chi connectivity index (χ1n) is 3.82. The summed E-state index contributed by atoms with van der Waals surface area (Å²) in [5.74, 6) is -1.12. The smallest absolute Gasteiger partial charge is 0.235 e. The molecule has 0 aliphatic heterocycles. The van der Waals surface area contributed by atoms with Crippen LogP contribution in [0, 0.1) is 0 Å². The van der Waals surface area contributed by atoms with Gasteiger partial charge in [-0.25, -0.2) is 8.42 Å². The molecule has 0 saturated heterocycles. The van der Waals surface area contributed by atoms with E-state index in [1.54, 1.807) is 0 Å². The van der Waals surface area contributed by atoms with Crippen molar-refractivity contribution < 1.29 is 18.3 Å². The minimum absolute atomic E-state index is 0.116. The van der Waals surface area contributed by atoms with E-state index in [1.165, 1.54) is 13.8 Å². The van der Waals surface area contributed by atoms with Gasteiger partial charge in [-0.05, 0) is 18.5 Å². The van der Waals surface area contributed by atoms with E-state index in [1.807, 2.05) is 0 Å². The van der Waals surface area contributed by atoms with E-state index in [9.17, 15) is 18.3 Å². The van der Waals surface area contributed by atoms with Crippen LogP contribution >= 0.6 is 11.5 Å². The Balaban J connectivity index is 3.45. The van der Waals surface area contributed by atoms with Gasteiger partial charge in [0.1, 0.15) is 5.56 Å². The molecule has 0 spiro atoms. The highest BCUT2D eigenvalue weighted by Crippen LogP contribution is 2.29. The monoisotopic (exact) mass is 235 g/mol. The fraction of sp³-hybridized carbons (Fsp3) is 0.429. The van der Waals surface area contributed by atoms with Gasteiger partial charge in [-0.15, -0.1) is 0 Å². The van der Waals surface area contributed by atoms with Crippen molar-refractivity contribution in [2.45, 2.75) is 18.1 Å². The molecular weight excluding hydrogens is 226 g/mol. The summed E-state index contributed by atoms with van der Waals surface area (Å²) in [7, 11) is -3.48. The lowest BCUT2D eigenvalue weighted by atomic mass is 10.2. The normalized spacial score (nSPS) is 11.6. The molecule has 0 fully saturated rings. The van der Waals surface area contributed by atoms with Gasteiger partial charge in [0.15, 0.2) is 19.8 Å². The molecule has 1 aromatic heterocycles. The van der Waals surface area contributed by atoms with Gasteiger partial charge in [0.2, 0.25) is 5.88 Å². The molecule has 0 bridgehead atoms. The lowest BCUT2D eigenvalue weighted by Crippen LogP contribution is -2.06. The Morgan fingerprint density at radius 3 is 2.57 bits per heavy atom. The zero-order valence-corrected chi connectivity index (χ0v) is 9.28. The first-order chi connectivity index (χ1) is 6.40. The third-order valence-electron chi connectivity index (χ3n) is 1.66. The molecule has 1 N–H and O–H groups in total. The van der Waals surface area contributed by atoms with Gasteiger partial charge in [0.25, 0.3) is 0 Å². The number of nitrogens with zero attached hydrogens (tertiary/aromatic N) is 1. The molecule has 0 atom stereocenters. The molecule has 0 aliphatic rings. The predicted octanol–water partition coefficient (Wildman–Crippen LogP) is 0.845. The summed E-state index contributed by atoms with van der Waals surface area (Å²) in [6, 6.07) is 0. The molecule has 1 aromatic rings. The number of aromatic nitrogens is 1. The lowest BCUT2D eigenvalue weighted by molar-refractivity contribution is 0.101. The van der Waals surface area contributed by atoms with Crippen LogP contribution in [0.4, 0.5) is 0 Å². The minimum atomic E-state index is -3.48. The molecule has 0 aliphatic carbocycles. The second-order valence-corrected chi connectivity index (χ2v) is 5.88. The standard InChI is InChI=1S/C7H9NO4S2/c1-3-14(11,12)7-5(4(2)9)6(10)8-13-7/h3H2,1-2H3,(H,8,10). The van der Waals surface area contributed by atoms with Crippen molar-refractivity contribution in [2.75, 3.05) is 5.75 Å². The molecule has 78 valence electrons. The van der Waals surface area contributed by atoms with E-state index in [0.717, 1.165) is 0 Å². The van der Waals surface area contributed by atoms with Crippen LogP contribution < -0.4 is 0 Å². The minimum Gasteiger partial charge on any atom is -0.492 e. The first kappa shape index (κ1) is 11.1. The predicted molar refractivity (Wildman–Crippen MR) is 51.5 cm³/mol. The number of hydrogen-bond acceptors (Lipinski definition) is 6. The van der Waals surface area contributed by atoms with E-state index < -0.39 is 21.5 Å². The lowest BCUT2D eigenvalue weighted by Gasteiger charge is -1.98. The summed E-state index contributed by atoms with van der Waals surface area (Å²) >= 11 is 0.627. The van der Waals surface area contributed by atoms with E-state index in [2.05, 4.69) is 4.37 Å². The highest BCUT2D eigenvalue weighted by Gasteiger charge is 2.26. The van der Waals surface area contributed by atoms with Crippen LogP contribution in [-0.4, -0.2) is 29.4 Å². The van der Waals surface area contributed by atoms with Gasteiger partial charge in [0, 0.05) is 0 Å². The van der Waals surface area contributed by atoms with Crippen LogP contribution in [0.25, 0.3) is 0 Å². The van der Waals surface area contributed by atoms with Gasteiger partial charge < -0.3 is 5.11 Å². The van der Waals surface area contributed by atoms with Crippen molar-refractivity contribution in [3.63, 3.8) is 0 Å². The second kappa shape index (κ2) is 3.66. The largest absolute Gasteiger partial charge is 0.492 e. The van der Waals surface area contributed by atoms with Crippen molar-refractivity contribution in [3.05, 3.63) is 5.56 Å². The Morgan fingerprint density at radius 1 is 1.57 bits per heavy atom. The Labute approximate surface area is 85.5 Å². The summed E-state index contributed by atoms with van der Waals surface area (Å²) < 4.78 is 26.2. The molecule has 1 heterocycles. The SMILES string of the molecule is CCS(=O)(=O)c1snc(O)c1C(C)=O. The average molecular weight is 235 g/mol. The Bertz CT molecular complexity index is 460. The maximum absolute atomic E-state index is 11.4.